The van der Waals surface area contributed by atoms with E-state index in [1.165, 1.54) is 35.1 Å². The van der Waals surface area contributed by atoms with Gasteiger partial charge in [0, 0.05) is 6.54 Å². The van der Waals surface area contributed by atoms with Crippen LogP contribution in [0.1, 0.15) is 54.9 Å². The van der Waals surface area contributed by atoms with Crippen molar-refractivity contribution >= 4 is 23.2 Å². The molecular formula is C19H21NO3S. The summed E-state index contributed by atoms with van der Waals surface area (Å²) in [7, 11) is 1.35. The van der Waals surface area contributed by atoms with Gasteiger partial charge in [-0.1, -0.05) is 29.3 Å². The topological polar surface area (TPSA) is 46.6 Å². The highest BCUT2D eigenvalue weighted by Gasteiger charge is 2.31. The number of hydrogen-bond acceptors (Lipinski definition) is 4. The van der Waals surface area contributed by atoms with Gasteiger partial charge in [-0.25, -0.2) is 4.79 Å². The molecule has 1 aliphatic heterocycles. The van der Waals surface area contributed by atoms with E-state index in [9.17, 15) is 9.59 Å². The lowest BCUT2D eigenvalue weighted by molar-refractivity contribution is 0.0606. The fourth-order valence-corrected chi connectivity index (χ4v) is 4.24. The summed E-state index contributed by atoms with van der Waals surface area (Å²) in [5, 5.41) is 0. The summed E-state index contributed by atoms with van der Waals surface area (Å²) < 4.78 is 4.72. The van der Waals surface area contributed by atoms with Gasteiger partial charge in [0.1, 0.15) is 4.88 Å². The van der Waals surface area contributed by atoms with Crippen LogP contribution in [-0.4, -0.2) is 30.4 Å². The largest absolute Gasteiger partial charge is 0.465 e. The second-order valence-electron chi connectivity index (χ2n) is 6.23. The zero-order valence-electron chi connectivity index (χ0n) is 14.2. The third kappa shape index (κ3) is 3.22. The zero-order valence-corrected chi connectivity index (χ0v) is 15.0. The van der Waals surface area contributed by atoms with E-state index in [0.29, 0.717) is 9.75 Å². The summed E-state index contributed by atoms with van der Waals surface area (Å²) in [6.07, 6.45) is 1.97. The van der Waals surface area contributed by atoms with Crippen molar-refractivity contribution in [3.63, 3.8) is 0 Å². The summed E-state index contributed by atoms with van der Waals surface area (Å²) >= 11 is 1.20. The molecule has 1 aromatic carbocycles. The number of amides is 1. The Balaban J connectivity index is 1.86. The smallest absolute Gasteiger partial charge is 0.348 e. The van der Waals surface area contributed by atoms with Crippen molar-refractivity contribution in [3.05, 3.63) is 56.8 Å². The summed E-state index contributed by atoms with van der Waals surface area (Å²) in [6, 6.07) is 9.96. The van der Waals surface area contributed by atoms with Crippen molar-refractivity contribution in [1.82, 2.24) is 4.90 Å². The highest BCUT2D eigenvalue weighted by molar-refractivity contribution is 7.15. The molecule has 0 aliphatic carbocycles. The minimum atomic E-state index is -0.397. The molecule has 2 aromatic rings. The first kappa shape index (κ1) is 16.7. The maximum atomic E-state index is 12.9. The molecule has 1 amide bonds. The van der Waals surface area contributed by atoms with Crippen LogP contribution in [0.2, 0.25) is 0 Å². The van der Waals surface area contributed by atoms with Gasteiger partial charge in [0.15, 0.2) is 0 Å². The molecule has 24 heavy (non-hydrogen) atoms. The maximum Gasteiger partial charge on any atom is 0.348 e. The first-order valence-electron chi connectivity index (χ1n) is 8.07. The van der Waals surface area contributed by atoms with Crippen LogP contribution in [0.25, 0.3) is 0 Å². The van der Waals surface area contributed by atoms with Crippen molar-refractivity contribution < 1.29 is 14.3 Å². The van der Waals surface area contributed by atoms with Crippen LogP contribution < -0.4 is 0 Å². The molecule has 0 radical (unpaired) electrons. The molecule has 4 nitrogen and oxygen atoms in total. The first-order chi connectivity index (χ1) is 11.5. The number of hydrogen-bond donors (Lipinski definition) is 0. The van der Waals surface area contributed by atoms with E-state index >= 15 is 0 Å². The third-order valence-electron chi connectivity index (χ3n) is 4.35. The molecule has 1 aromatic heterocycles. The van der Waals surface area contributed by atoms with Crippen molar-refractivity contribution in [2.75, 3.05) is 13.7 Å². The van der Waals surface area contributed by atoms with E-state index in [0.717, 1.165) is 19.4 Å². The molecule has 126 valence electrons. The minimum Gasteiger partial charge on any atom is -0.465 e. The molecule has 1 saturated heterocycles. The number of carbonyl (C=O) groups excluding carboxylic acids is 2. The van der Waals surface area contributed by atoms with E-state index in [2.05, 4.69) is 32.0 Å². The van der Waals surface area contributed by atoms with Crippen LogP contribution in [0.5, 0.6) is 0 Å². The lowest BCUT2D eigenvalue weighted by Gasteiger charge is -2.25. The van der Waals surface area contributed by atoms with Crippen LogP contribution in [0, 0.1) is 13.8 Å². The van der Waals surface area contributed by atoms with Gasteiger partial charge in [-0.2, -0.15) is 0 Å². The van der Waals surface area contributed by atoms with E-state index in [1.54, 1.807) is 12.1 Å². The van der Waals surface area contributed by atoms with Gasteiger partial charge in [-0.3, -0.25) is 4.79 Å². The molecule has 0 N–H and O–H groups in total. The zero-order chi connectivity index (χ0) is 17.3. The van der Waals surface area contributed by atoms with Crippen molar-refractivity contribution in [3.8, 4) is 0 Å². The number of carbonyl (C=O) groups is 2. The van der Waals surface area contributed by atoms with Gasteiger partial charge in [-0.15, -0.1) is 11.3 Å². The Hall–Kier alpha value is -2.14. The SMILES string of the molecule is COC(=O)c1ccc(C(=O)N2CCCC2c2cc(C)cc(C)c2)s1. The molecular weight excluding hydrogens is 322 g/mol. The van der Waals surface area contributed by atoms with Crippen LogP contribution in [0.4, 0.5) is 0 Å². The van der Waals surface area contributed by atoms with E-state index < -0.39 is 5.97 Å². The average molecular weight is 343 g/mol. The third-order valence-corrected chi connectivity index (χ3v) is 5.40. The summed E-state index contributed by atoms with van der Waals surface area (Å²) in [5.41, 5.74) is 3.63. The quantitative estimate of drug-likeness (QED) is 0.787. The van der Waals surface area contributed by atoms with E-state index in [-0.39, 0.29) is 11.9 Å². The van der Waals surface area contributed by atoms with Crippen LogP contribution >= 0.6 is 11.3 Å². The number of likely N-dealkylation sites (tertiary alicyclic amines) is 1. The number of nitrogens with zero attached hydrogens (tertiary/aromatic N) is 1. The van der Waals surface area contributed by atoms with Gasteiger partial charge >= 0.3 is 5.97 Å². The molecule has 1 atom stereocenters. The second kappa shape index (κ2) is 6.77. The summed E-state index contributed by atoms with van der Waals surface area (Å²) in [5.74, 6) is -0.400. The summed E-state index contributed by atoms with van der Waals surface area (Å²) in [4.78, 5) is 27.5. The fraction of sp³-hybridized carbons (Fsp3) is 0.368. The molecule has 1 aliphatic rings. The number of esters is 1. The first-order valence-corrected chi connectivity index (χ1v) is 8.88. The number of rotatable bonds is 3. The molecule has 0 bridgehead atoms. The lowest BCUT2D eigenvalue weighted by Crippen LogP contribution is -2.30. The van der Waals surface area contributed by atoms with Gasteiger partial charge in [-0.05, 0) is 44.4 Å². The second-order valence-corrected chi connectivity index (χ2v) is 7.32. The number of methoxy groups -OCH3 is 1. The Labute approximate surface area is 146 Å². The molecule has 1 unspecified atom stereocenters. The maximum absolute atomic E-state index is 12.9. The average Bonchev–Trinajstić information content (AvgIpc) is 3.21. The Kier molecular flexibility index (Phi) is 4.71. The van der Waals surface area contributed by atoms with Gasteiger partial charge < -0.3 is 9.64 Å². The normalized spacial score (nSPS) is 17.1. The lowest BCUT2D eigenvalue weighted by atomic mass is 9.99. The predicted molar refractivity (Wildman–Crippen MR) is 94.6 cm³/mol. The van der Waals surface area contributed by atoms with Gasteiger partial charge in [0.2, 0.25) is 0 Å². The highest BCUT2D eigenvalue weighted by Crippen LogP contribution is 2.35. The molecule has 5 heteroatoms. The standard InChI is InChI=1S/C19H21NO3S/c1-12-9-13(2)11-14(10-12)15-5-4-8-20(15)18(21)16-6-7-17(24-16)19(22)23-3/h6-7,9-11,15H,4-5,8H2,1-3H3. The number of thiophene rings is 1. The van der Waals surface area contributed by atoms with E-state index in [4.69, 9.17) is 4.74 Å². The van der Waals surface area contributed by atoms with Crippen LogP contribution in [0.15, 0.2) is 30.3 Å². The summed E-state index contributed by atoms with van der Waals surface area (Å²) in [6.45, 7) is 4.92. The van der Waals surface area contributed by atoms with Gasteiger partial charge in [0.05, 0.1) is 18.0 Å². The Morgan fingerprint density at radius 3 is 2.46 bits per heavy atom. The van der Waals surface area contributed by atoms with Crippen molar-refractivity contribution in [2.45, 2.75) is 32.7 Å². The van der Waals surface area contributed by atoms with Crippen LogP contribution in [-0.2, 0) is 4.74 Å². The molecule has 3 rings (SSSR count). The Bertz CT molecular complexity index is 760. The number of benzene rings is 1. The predicted octanol–water partition coefficient (Wildman–Crippen LogP) is 4.13. The molecule has 2 heterocycles. The van der Waals surface area contributed by atoms with Crippen molar-refractivity contribution in [1.29, 1.82) is 0 Å². The van der Waals surface area contributed by atoms with E-state index in [1.807, 2.05) is 4.90 Å². The Morgan fingerprint density at radius 2 is 1.79 bits per heavy atom. The Morgan fingerprint density at radius 1 is 1.12 bits per heavy atom. The monoisotopic (exact) mass is 343 g/mol. The number of ether oxygens (including phenoxy) is 1. The minimum absolute atomic E-state index is 0.00295. The molecule has 0 spiro atoms. The van der Waals surface area contributed by atoms with Crippen molar-refractivity contribution in [2.24, 2.45) is 0 Å². The fourth-order valence-electron chi connectivity index (χ4n) is 3.36. The number of aryl methyl sites for hydroxylation is 2. The highest BCUT2D eigenvalue weighted by atomic mass is 32.1. The van der Waals surface area contributed by atoms with Gasteiger partial charge in [0.25, 0.3) is 5.91 Å². The molecule has 0 saturated carbocycles. The molecule has 1 fully saturated rings. The van der Waals surface area contributed by atoms with Crippen LogP contribution in [0.3, 0.4) is 0 Å².